The molecule has 0 radical (unpaired) electrons. The Kier molecular flexibility index (Phi) is 6.36. The Morgan fingerprint density at radius 1 is 1.26 bits per heavy atom. The van der Waals surface area contributed by atoms with Crippen molar-refractivity contribution < 1.29 is 9.53 Å². The first-order valence-electron chi connectivity index (χ1n) is 8.25. The molecule has 8 heteroatoms. The van der Waals surface area contributed by atoms with Crippen LogP contribution < -0.4 is 15.8 Å². The third kappa shape index (κ3) is 5.48. The van der Waals surface area contributed by atoms with Gasteiger partial charge in [-0.25, -0.2) is 0 Å². The van der Waals surface area contributed by atoms with Crippen LogP contribution in [0.1, 0.15) is 15.9 Å². The van der Waals surface area contributed by atoms with Gasteiger partial charge in [-0.15, -0.1) is 0 Å². The molecule has 0 aliphatic heterocycles. The third-order valence-electron chi connectivity index (χ3n) is 3.75. The van der Waals surface area contributed by atoms with E-state index in [-0.39, 0.29) is 11.7 Å². The minimum atomic E-state index is -0.288. The van der Waals surface area contributed by atoms with Crippen LogP contribution in [0.25, 0.3) is 0 Å². The van der Waals surface area contributed by atoms with E-state index in [0.29, 0.717) is 36.0 Å². The molecule has 0 aliphatic rings. The van der Waals surface area contributed by atoms with Crippen molar-refractivity contribution in [2.75, 3.05) is 18.9 Å². The number of nitrogen functional groups attached to an aromatic ring is 1. The summed E-state index contributed by atoms with van der Waals surface area (Å²) in [5, 5.41) is 7.58. The molecular formula is C19H18BrClN4O2. The van der Waals surface area contributed by atoms with Crippen molar-refractivity contribution in [3.05, 3.63) is 75.4 Å². The highest BCUT2D eigenvalue weighted by Gasteiger charge is 2.14. The Morgan fingerprint density at radius 2 is 2.04 bits per heavy atom. The molecule has 3 N–H and O–H groups in total. The van der Waals surface area contributed by atoms with Crippen molar-refractivity contribution in [1.29, 1.82) is 0 Å². The zero-order chi connectivity index (χ0) is 19.2. The third-order valence-corrected chi connectivity index (χ3v) is 4.51. The van der Waals surface area contributed by atoms with Crippen molar-refractivity contribution >= 4 is 39.3 Å². The summed E-state index contributed by atoms with van der Waals surface area (Å²) in [5.74, 6) is 0.559. The van der Waals surface area contributed by atoms with Gasteiger partial charge in [0.2, 0.25) is 0 Å². The fourth-order valence-electron chi connectivity index (χ4n) is 2.45. The summed E-state index contributed by atoms with van der Waals surface area (Å²) in [6.07, 6.45) is 1.64. The summed E-state index contributed by atoms with van der Waals surface area (Å²) < 4.78 is 8.20. The predicted molar refractivity (Wildman–Crippen MR) is 109 cm³/mol. The lowest BCUT2D eigenvalue weighted by Gasteiger charge is -2.07. The number of hydrogen-bond donors (Lipinski definition) is 2. The lowest BCUT2D eigenvalue weighted by molar-refractivity contribution is 0.0947. The number of anilines is 1. The zero-order valence-corrected chi connectivity index (χ0v) is 16.7. The smallest absolute Gasteiger partial charge is 0.256 e. The SMILES string of the molecule is Nc1nn(Cc2ccc(Br)cc2)cc1C(=O)NCCOc1cccc(Cl)c1. The number of nitrogens with zero attached hydrogens (tertiary/aromatic N) is 2. The van der Waals surface area contributed by atoms with Crippen molar-refractivity contribution in [3.63, 3.8) is 0 Å². The Labute approximate surface area is 170 Å². The van der Waals surface area contributed by atoms with Gasteiger partial charge >= 0.3 is 0 Å². The molecule has 0 unspecified atom stereocenters. The highest BCUT2D eigenvalue weighted by molar-refractivity contribution is 9.10. The number of ether oxygens (including phenoxy) is 1. The summed E-state index contributed by atoms with van der Waals surface area (Å²) >= 11 is 9.30. The number of rotatable bonds is 7. The maximum Gasteiger partial charge on any atom is 0.256 e. The maximum atomic E-state index is 12.3. The molecule has 0 aliphatic carbocycles. The summed E-state index contributed by atoms with van der Waals surface area (Å²) in [7, 11) is 0. The fraction of sp³-hybridized carbons (Fsp3) is 0.158. The van der Waals surface area contributed by atoms with Crippen molar-refractivity contribution in [2.45, 2.75) is 6.54 Å². The minimum absolute atomic E-state index is 0.195. The average molecular weight is 450 g/mol. The summed E-state index contributed by atoms with van der Waals surface area (Å²) in [5.41, 5.74) is 7.29. The van der Waals surface area contributed by atoms with Crippen molar-refractivity contribution in [3.8, 4) is 5.75 Å². The number of halogens is 2. The van der Waals surface area contributed by atoms with E-state index in [1.54, 1.807) is 35.1 Å². The monoisotopic (exact) mass is 448 g/mol. The molecule has 0 saturated heterocycles. The van der Waals surface area contributed by atoms with Crippen LogP contribution in [-0.4, -0.2) is 28.8 Å². The van der Waals surface area contributed by atoms with Gasteiger partial charge in [0.25, 0.3) is 5.91 Å². The van der Waals surface area contributed by atoms with Crippen LogP contribution in [-0.2, 0) is 6.54 Å². The lowest BCUT2D eigenvalue weighted by atomic mass is 10.2. The first kappa shape index (κ1) is 19.3. The van der Waals surface area contributed by atoms with E-state index >= 15 is 0 Å². The first-order chi connectivity index (χ1) is 13.0. The van der Waals surface area contributed by atoms with E-state index in [4.69, 9.17) is 22.1 Å². The van der Waals surface area contributed by atoms with Gasteiger partial charge in [0.15, 0.2) is 5.82 Å². The Balaban J connectivity index is 1.52. The molecule has 1 heterocycles. The fourth-order valence-corrected chi connectivity index (χ4v) is 2.90. The van der Waals surface area contributed by atoms with Gasteiger partial charge in [-0.05, 0) is 35.9 Å². The standard InChI is InChI=1S/C19H18BrClN4O2/c20-14-6-4-13(5-7-14)11-25-12-17(18(22)24-25)19(26)23-8-9-27-16-3-1-2-15(21)10-16/h1-7,10,12H,8-9,11H2,(H2,22,24)(H,23,26). The quantitative estimate of drug-likeness (QED) is 0.538. The van der Waals surface area contributed by atoms with Crippen LogP contribution in [0.15, 0.2) is 59.2 Å². The minimum Gasteiger partial charge on any atom is -0.492 e. The van der Waals surface area contributed by atoms with Gasteiger partial charge in [-0.2, -0.15) is 5.10 Å². The molecule has 0 bridgehead atoms. The molecular weight excluding hydrogens is 432 g/mol. The predicted octanol–water partition coefficient (Wildman–Crippen LogP) is 3.74. The van der Waals surface area contributed by atoms with Crippen LogP contribution in [0.3, 0.4) is 0 Å². The number of amides is 1. The van der Waals surface area contributed by atoms with Crippen molar-refractivity contribution in [2.24, 2.45) is 0 Å². The first-order valence-corrected chi connectivity index (χ1v) is 9.42. The van der Waals surface area contributed by atoms with E-state index in [9.17, 15) is 4.79 Å². The number of nitrogens with two attached hydrogens (primary N) is 1. The second-order valence-electron chi connectivity index (χ2n) is 5.81. The van der Waals surface area contributed by atoms with E-state index in [1.165, 1.54) is 0 Å². The number of carbonyl (C=O) groups is 1. The molecule has 1 aromatic heterocycles. The molecule has 0 atom stereocenters. The van der Waals surface area contributed by atoms with E-state index in [1.807, 2.05) is 24.3 Å². The van der Waals surface area contributed by atoms with E-state index in [0.717, 1.165) is 10.0 Å². The molecule has 1 amide bonds. The van der Waals surface area contributed by atoms with Gasteiger partial charge in [0, 0.05) is 15.7 Å². The summed E-state index contributed by atoms with van der Waals surface area (Å²) in [4.78, 5) is 12.3. The Bertz CT molecular complexity index is 928. The van der Waals surface area contributed by atoms with Gasteiger partial charge < -0.3 is 15.8 Å². The van der Waals surface area contributed by atoms with Crippen LogP contribution in [0, 0.1) is 0 Å². The van der Waals surface area contributed by atoms with Crippen LogP contribution in [0.2, 0.25) is 5.02 Å². The lowest BCUT2D eigenvalue weighted by Crippen LogP contribution is -2.28. The molecule has 6 nitrogen and oxygen atoms in total. The molecule has 27 heavy (non-hydrogen) atoms. The normalized spacial score (nSPS) is 10.6. The number of nitrogens with one attached hydrogen (secondary N) is 1. The second-order valence-corrected chi connectivity index (χ2v) is 7.17. The van der Waals surface area contributed by atoms with Gasteiger partial charge in [0.05, 0.1) is 13.1 Å². The molecule has 2 aromatic carbocycles. The van der Waals surface area contributed by atoms with Crippen LogP contribution in [0.4, 0.5) is 5.82 Å². The number of hydrogen-bond acceptors (Lipinski definition) is 4. The summed E-state index contributed by atoms with van der Waals surface area (Å²) in [6, 6.07) is 15.0. The maximum absolute atomic E-state index is 12.3. The number of aromatic nitrogens is 2. The average Bonchev–Trinajstić information content (AvgIpc) is 3.01. The van der Waals surface area contributed by atoms with Crippen LogP contribution in [0.5, 0.6) is 5.75 Å². The molecule has 0 spiro atoms. The van der Waals surface area contributed by atoms with E-state index < -0.39 is 0 Å². The van der Waals surface area contributed by atoms with Crippen LogP contribution >= 0.6 is 27.5 Å². The topological polar surface area (TPSA) is 82.2 Å². The Hall–Kier alpha value is -2.51. The molecule has 3 rings (SSSR count). The largest absolute Gasteiger partial charge is 0.492 e. The highest BCUT2D eigenvalue weighted by Crippen LogP contribution is 2.17. The molecule has 140 valence electrons. The highest BCUT2D eigenvalue weighted by atomic mass is 79.9. The van der Waals surface area contributed by atoms with Gasteiger partial charge in [0.1, 0.15) is 17.9 Å². The number of benzene rings is 2. The Morgan fingerprint density at radius 3 is 2.78 bits per heavy atom. The second kappa shape index (κ2) is 8.92. The van der Waals surface area contributed by atoms with E-state index in [2.05, 4.69) is 26.3 Å². The molecule has 0 fully saturated rings. The van der Waals surface area contributed by atoms with Gasteiger partial charge in [-0.1, -0.05) is 45.7 Å². The summed E-state index contributed by atoms with van der Waals surface area (Å²) in [6.45, 7) is 1.18. The molecule has 0 saturated carbocycles. The van der Waals surface area contributed by atoms with Crippen molar-refractivity contribution in [1.82, 2.24) is 15.1 Å². The zero-order valence-electron chi connectivity index (χ0n) is 14.4. The van der Waals surface area contributed by atoms with Gasteiger partial charge in [-0.3, -0.25) is 9.48 Å². The number of carbonyl (C=O) groups excluding carboxylic acids is 1. The molecule has 3 aromatic rings.